The van der Waals surface area contributed by atoms with Crippen molar-refractivity contribution in [3.8, 4) is 0 Å². The maximum absolute atomic E-state index is 3.67. The number of hydrogen-bond acceptors (Lipinski definition) is 1. The Bertz CT molecular complexity index is 296. The number of hydrogen-bond donors (Lipinski definition) is 0. The van der Waals surface area contributed by atoms with Gasteiger partial charge in [0, 0.05) is 15.6 Å². The molecule has 0 fully saturated rings. The lowest BCUT2D eigenvalue weighted by atomic mass is 9.98. The predicted octanol–water partition coefficient (Wildman–Crippen LogP) is 3.47. The van der Waals surface area contributed by atoms with Crippen molar-refractivity contribution in [2.24, 2.45) is 0 Å². The van der Waals surface area contributed by atoms with Gasteiger partial charge < -0.3 is 0 Å². The van der Waals surface area contributed by atoms with E-state index in [0.29, 0.717) is 0 Å². The van der Waals surface area contributed by atoms with Crippen LogP contribution < -0.4 is 0 Å². The monoisotopic (exact) mass is 228 g/mol. The third kappa shape index (κ3) is 1.42. The molecule has 1 heterocycles. The van der Waals surface area contributed by atoms with Crippen LogP contribution in [-0.4, -0.2) is 4.32 Å². The molecule has 1 unspecified atom stereocenters. The SMILES string of the molecule is CC1(Br)C=Cc2ccsc2C1. The van der Waals surface area contributed by atoms with Crippen LogP contribution in [0.2, 0.25) is 0 Å². The lowest BCUT2D eigenvalue weighted by Crippen LogP contribution is -2.17. The standard InChI is InChI=1S/C9H9BrS/c1-9(10)4-2-7-3-5-11-8(7)6-9/h2-5H,6H2,1H3. The third-order valence-corrected chi connectivity index (χ3v) is 3.38. The molecule has 0 saturated heterocycles. The van der Waals surface area contributed by atoms with Gasteiger partial charge in [0.1, 0.15) is 0 Å². The molecule has 11 heavy (non-hydrogen) atoms. The van der Waals surface area contributed by atoms with Crippen molar-refractivity contribution in [3.63, 3.8) is 0 Å². The summed E-state index contributed by atoms with van der Waals surface area (Å²) in [5, 5.41) is 2.16. The Balaban J connectivity index is 2.44. The number of allylic oxidation sites excluding steroid dienone is 1. The van der Waals surface area contributed by atoms with Gasteiger partial charge in [-0.05, 0) is 23.9 Å². The molecule has 58 valence electrons. The second-order valence-corrected chi connectivity index (χ2v) is 5.90. The average Bonchev–Trinajstić information content (AvgIpc) is 2.31. The van der Waals surface area contributed by atoms with Crippen molar-refractivity contribution in [3.05, 3.63) is 28.0 Å². The van der Waals surface area contributed by atoms with Crippen molar-refractivity contribution >= 4 is 33.3 Å². The largest absolute Gasteiger partial charge is 0.148 e. The van der Waals surface area contributed by atoms with E-state index in [1.165, 1.54) is 10.4 Å². The minimum absolute atomic E-state index is 0.185. The average molecular weight is 229 g/mol. The Hall–Kier alpha value is -0.0800. The van der Waals surface area contributed by atoms with E-state index in [1.54, 1.807) is 0 Å². The number of alkyl halides is 1. The van der Waals surface area contributed by atoms with E-state index in [2.05, 4.69) is 46.5 Å². The van der Waals surface area contributed by atoms with Crippen LogP contribution in [0.4, 0.5) is 0 Å². The molecular formula is C9H9BrS. The molecule has 1 aliphatic rings. The molecule has 0 radical (unpaired) electrons. The predicted molar refractivity (Wildman–Crippen MR) is 54.4 cm³/mol. The van der Waals surface area contributed by atoms with Gasteiger partial charge in [-0.1, -0.05) is 28.1 Å². The second-order valence-electron chi connectivity index (χ2n) is 3.09. The maximum Gasteiger partial charge on any atom is 0.0460 e. The molecule has 0 aliphatic heterocycles. The highest BCUT2D eigenvalue weighted by atomic mass is 79.9. The summed E-state index contributed by atoms with van der Waals surface area (Å²) in [6.45, 7) is 2.20. The summed E-state index contributed by atoms with van der Waals surface area (Å²) in [5.74, 6) is 0. The summed E-state index contributed by atoms with van der Waals surface area (Å²) in [5.41, 5.74) is 1.40. The molecule has 0 spiro atoms. The topological polar surface area (TPSA) is 0 Å². The zero-order valence-electron chi connectivity index (χ0n) is 6.30. The van der Waals surface area contributed by atoms with Crippen molar-refractivity contribution in [1.82, 2.24) is 0 Å². The molecule has 0 saturated carbocycles. The lowest BCUT2D eigenvalue weighted by molar-refractivity contribution is 0.804. The van der Waals surface area contributed by atoms with Crippen molar-refractivity contribution in [2.75, 3.05) is 0 Å². The quantitative estimate of drug-likeness (QED) is 0.597. The van der Waals surface area contributed by atoms with Crippen LogP contribution in [-0.2, 0) is 6.42 Å². The second kappa shape index (κ2) is 2.46. The van der Waals surface area contributed by atoms with Crippen molar-refractivity contribution < 1.29 is 0 Å². The van der Waals surface area contributed by atoms with Gasteiger partial charge in [0.25, 0.3) is 0 Å². The molecule has 0 N–H and O–H groups in total. The van der Waals surface area contributed by atoms with Gasteiger partial charge in [-0.15, -0.1) is 11.3 Å². The van der Waals surface area contributed by atoms with Gasteiger partial charge >= 0.3 is 0 Å². The summed E-state index contributed by atoms with van der Waals surface area (Å²) < 4.78 is 0.185. The van der Waals surface area contributed by atoms with E-state index in [1.807, 2.05) is 11.3 Å². The molecule has 1 atom stereocenters. The third-order valence-electron chi connectivity index (χ3n) is 1.90. The Labute approximate surface area is 79.1 Å². The first-order valence-electron chi connectivity index (χ1n) is 3.62. The van der Waals surface area contributed by atoms with Crippen molar-refractivity contribution in [1.29, 1.82) is 0 Å². The van der Waals surface area contributed by atoms with Gasteiger partial charge in [-0.2, -0.15) is 0 Å². The highest BCUT2D eigenvalue weighted by molar-refractivity contribution is 9.10. The summed E-state index contributed by atoms with van der Waals surface area (Å²) in [7, 11) is 0. The number of fused-ring (bicyclic) bond motifs is 1. The Morgan fingerprint density at radius 2 is 2.45 bits per heavy atom. The summed E-state index contributed by atoms with van der Waals surface area (Å²) in [6, 6.07) is 2.18. The highest BCUT2D eigenvalue weighted by Gasteiger charge is 2.22. The smallest absolute Gasteiger partial charge is 0.0460 e. The first-order chi connectivity index (χ1) is 5.17. The summed E-state index contributed by atoms with van der Waals surface area (Å²) in [6.07, 6.45) is 5.54. The molecule has 1 aliphatic carbocycles. The lowest BCUT2D eigenvalue weighted by Gasteiger charge is -2.21. The fraction of sp³-hybridized carbons (Fsp3) is 0.333. The Morgan fingerprint density at radius 1 is 1.64 bits per heavy atom. The van der Waals surface area contributed by atoms with E-state index in [0.717, 1.165) is 6.42 Å². The molecule has 0 nitrogen and oxygen atoms in total. The van der Waals surface area contributed by atoms with Gasteiger partial charge in [-0.3, -0.25) is 0 Å². The number of rotatable bonds is 0. The van der Waals surface area contributed by atoms with E-state index in [-0.39, 0.29) is 4.32 Å². The van der Waals surface area contributed by atoms with Crippen LogP contribution in [0.3, 0.4) is 0 Å². The minimum atomic E-state index is 0.185. The van der Waals surface area contributed by atoms with Crippen LogP contribution in [0.5, 0.6) is 0 Å². The van der Waals surface area contributed by atoms with Crippen LogP contribution in [0, 0.1) is 0 Å². The molecular weight excluding hydrogens is 220 g/mol. The molecule has 2 heteroatoms. The molecule has 1 aromatic heterocycles. The first-order valence-corrected chi connectivity index (χ1v) is 5.29. The van der Waals surface area contributed by atoms with Gasteiger partial charge in [0.15, 0.2) is 0 Å². The van der Waals surface area contributed by atoms with Crippen LogP contribution >= 0.6 is 27.3 Å². The first kappa shape index (κ1) is 7.56. The maximum atomic E-state index is 3.67. The summed E-state index contributed by atoms with van der Waals surface area (Å²) in [4.78, 5) is 1.49. The van der Waals surface area contributed by atoms with E-state index >= 15 is 0 Å². The Kier molecular flexibility index (Phi) is 1.69. The molecule has 0 aromatic carbocycles. The number of halogens is 1. The molecule has 2 rings (SSSR count). The van der Waals surface area contributed by atoms with E-state index in [9.17, 15) is 0 Å². The minimum Gasteiger partial charge on any atom is -0.148 e. The highest BCUT2D eigenvalue weighted by Crippen LogP contribution is 2.34. The van der Waals surface area contributed by atoms with Crippen LogP contribution in [0.15, 0.2) is 17.5 Å². The Morgan fingerprint density at radius 3 is 3.27 bits per heavy atom. The normalized spacial score (nSPS) is 28.5. The fourth-order valence-corrected chi connectivity index (χ4v) is 2.91. The molecule has 1 aromatic rings. The van der Waals surface area contributed by atoms with E-state index < -0.39 is 0 Å². The van der Waals surface area contributed by atoms with Gasteiger partial charge in [0.05, 0.1) is 0 Å². The zero-order chi connectivity index (χ0) is 7.90. The van der Waals surface area contributed by atoms with Crippen LogP contribution in [0.1, 0.15) is 17.4 Å². The van der Waals surface area contributed by atoms with Gasteiger partial charge in [-0.25, -0.2) is 0 Å². The van der Waals surface area contributed by atoms with Crippen LogP contribution in [0.25, 0.3) is 6.08 Å². The zero-order valence-corrected chi connectivity index (χ0v) is 8.71. The number of thiophene rings is 1. The summed E-state index contributed by atoms with van der Waals surface area (Å²) >= 11 is 5.51. The molecule has 0 amide bonds. The van der Waals surface area contributed by atoms with Crippen molar-refractivity contribution in [2.45, 2.75) is 17.7 Å². The van der Waals surface area contributed by atoms with Gasteiger partial charge in [0.2, 0.25) is 0 Å². The molecule has 0 bridgehead atoms. The fourth-order valence-electron chi connectivity index (χ4n) is 1.28. The van der Waals surface area contributed by atoms with E-state index in [4.69, 9.17) is 0 Å².